The van der Waals surface area contributed by atoms with Gasteiger partial charge in [-0.05, 0) is 43.7 Å². The third kappa shape index (κ3) is 2.33. The van der Waals surface area contributed by atoms with E-state index in [0.717, 1.165) is 18.9 Å². The molecule has 0 bridgehead atoms. The van der Waals surface area contributed by atoms with Crippen LogP contribution in [0.15, 0.2) is 24.3 Å². The normalized spacial score (nSPS) is 17.1. The number of nitrogens with one attached hydrogen (secondary N) is 1. The summed E-state index contributed by atoms with van der Waals surface area (Å²) in [5.41, 5.74) is 4.06. The lowest BCUT2D eigenvalue weighted by Gasteiger charge is -2.13. The van der Waals surface area contributed by atoms with E-state index in [1.54, 1.807) is 0 Å². The van der Waals surface area contributed by atoms with Gasteiger partial charge < -0.3 is 5.32 Å². The molecule has 0 aliphatic heterocycles. The quantitative estimate of drug-likeness (QED) is 0.921. The van der Waals surface area contributed by atoms with Crippen LogP contribution in [0.25, 0.3) is 11.3 Å². The Balaban J connectivity index is 1.55. The van der Waals surface area contributed by atoms with Gasteiger partial charge in [0.1, 0.15) is 5.01 Å². The topological polar surface area (TPSA) is 24.9 Å². The van der Waals surface area contributed by atoms with Crippen molar-refractivity contribution in [3.05, 3.63) is 39.7 Å². The molecule has 0 radical (unpaired) electrons. The van der Waals surface area contributed by atoms with Crippen molar-refractivity contribution in [2.45, 2.75) is 32.2 Å². The van der Waals surface area contributed by atoms with E-state index < -0.39 is 0 Å². The number of thiazole rings is 1. The fourth-order valence-corrected chi connectivity index (χ4v) is 3.83. The Morgan fingerprint density at radius 2 is 2.11 bits per heavy atom. The van der Waals surface area contributed by atoms with Gasteiger partial charge in [0.25, 0.3) is 0 Å². The number of aromatic nitrogens is 1. The molecule has 4 rings (SSSR count). The predicted molar refractivity (Wildman–Crippen MR) is 79.4 cm³/mol. The van der Waals surface area contributed by atoms with E-state index in [-0.39, 0.29) is 0 Å². The van der Waals surface area contributed by atoms with Crippen LogP contribution in [0.1, 0.15) is 28.3 Å². The second-order valence-corrected chi connectivity index (χ2v) is 6.78. The number of benzene rings is 1. The Hall–Kier alpha value is -1.19. The highest BCUT2D eigenvalue weighted by molar-refractivity contribution is 7.12. The molecule has 3 heteroatoms. The van der Waals surface area contributed by atoms with E-state index >= 15 is 0 Å². The Kier molecular flexibility index (Phi) is 2.89. The van der Waals surface area contributed by atoms with Gasteiger partial charge in [-0.2, -0.15) is 0 Å². The van der Waals surface area contributed by atoms with Crippen LogP contribution in [0.5, 0.6) is 0 Å². The molecule has 0 atom stereocenters. The Morgan fingerprint density at radius 1 is 1.21 bits per heavy atom. The molecular weight excluding hydrogens is 252 g/mol. The highest BCUT2D eigenvalue weighted by atomic mass is 32.1. The largest absolute Gasteiger partial charge is 0.310 e. The SMILES string of the molecule is c1ccc2c(c1)CCc1sc(CNCC3CC3)nc1-2. The zero-order chi connectivity index (χ0) is 12.7. The van der Waals surface area contributed by atoms with E-state index in [4.69, 9.17) is 4.98 Å². The molecule has 2 nitrogen and oxygen atoms in total. The summed E-state index contributed by atoms with van der Waals surface area (Å²) in [7, 11) is 0. The molecule has 1 N–H and O–H groups in total. The first kappa shape index (κ1) is 11.6. The minimum absolute atomic E-state index is 0.940. The molecule has 2 aliphatic carbocycles. The summed E-state index contributed by atoms with van der Waals surface area (Å²) in [6.07, 6.45) is 5.15. The van der Waals surface area contributed by atoms with E-state index in [9.17, 15) is 0 Å². The minimum Gasteiger partial charge on any atom is -0.310 e. The van der Waals surface area contributed by atoms with Crippen LogP contribution in [0, 0.1) is 5.92 Å². The van der Waals surface area contributed by atoms with Crippen LogP contribution >= 0.6 is 11.3 Å². The number of hydrogen-bond acceptors (Lipinski definition) is 3. The molecule has 0 amide bonds. The van der Waals surface area contributed by atoms with E-state index in [1.165, 1.54) is 52.5 Å². The Morgan fingerprint density at radius 3 is 3.00 bits per heavy atom. The maximum absolute atomic E-state index is 4.87. The van der Waals surface area contributed by atoms with Gasteiger partial charge in [-0.3, -0.25) is 0 Å². The number of rotatable bonds is 4. The second kappa shape index (κ2) is 4.73. The predicted octanol–water partition coefficient (Wildman–Crippen LogP) is 3.41. The maximum Gasteiger partial charge on any atom is 0.107 e. The molecule has 2 aromatic rings. The molecule has 1 aromatic heterocycles. The Bertz CT molecular complexity index is 599. The highest BCUT2D eigenvalue weighted by Crippen LogP contribution is 2.36. The van der Waals surface area contributed by atoms with Gasteiger partial charge in [-0.15, -0.1) is 11.3 Å². The highest BCUT2D eigenvalue weighted by Gasteiger charge is 2.22. The average Bonchev–Trinajstić information content (AvgIpc) is 3.16. The van der Waals surface area contributed by atoms with E-state index in [2.05, 4.69) is 29.6 Å². The van der Waals surface area contributed by atoms with Crippen molar-refractivity contribution in [2.24, 2.45) is 5.92 Å². The summed E-state index contributed by atoms with van der Waals surface area (Å²) in [5.74, 6) is 0.940. The second-order valence-electron chi connectivity index (χ2n) is 5.61. The smallest absolute Gasteiger partial charge is 0.107 e. The first-order chi connectivity index (χ1) is 9.40. The van der Waals surface area contributed by atoms with Gasteiger partial charge in [-0.1, -0.05) is 24.3 Å². The molecule has 2 aliphatic rings. The molecule has 19 heavy (non-hydrogen) atoms. The third-order valence-corrected chi connectivity index (χ3v) is 5.16. The maximum atomic E-state index is 4.87. The van der Waals surface area contributed by atoms with Crippen molar-refractivity contribution in [3.63, 3.8) is 0 Å². The summed E-state index contributed by atoms with van der Waals surface area (Å²) in [5, 5.41) is 4.80. The van der Waals surface area contributed by atoms with Gasteiger partial charge in [0, 0.05) is 17.0 Å². The van der Waals surface area contributed by atoms with Gasteiger partial charge in [0.15, 0.2) is 0 Å². The zero-order valence-electron chi connectivity index (χ0n) is 11.0. The van der Waals surface area contributed by atoms with Crippen molar-refractivity contribution in [2.75, 3.05) is 6.54 Å². The van der Waals surface area contributed by atoms with Gasteiger partial charge in [0.2, 0.25) is 0 Å². The summed E-state index contributed by atoms with van der Waals surface area (Å²) in [6, 6.07) is 8.71. The lowest BCUT2D eigenvalue weighted by atomic mass is 9.94. The van der Waals surface area contributed by atoms with Crippen molar-refractivity contribution < 1.29 is 0 Å². The van der Waals surface area contributed by atoms with Gasteiger partial charge in [0.05, 0.1) is 5.69 Å². The summed E-state index contributed by atoms with van der Waals surface area (Å²) in [6.45, 7) is 2.11. The fourth-order valence-electron chi connectivity index (χ4n) is 2.78. The summed E-state index contributed by atoms with van der Waals surface area (Å²) >= 11 is 1.90. The van der Waals surface area contributed by atoms with Crippen molar-refractivity contribution in [1.82, 2.24) is 10.3 Å². The monoisotopic (exact) mass is 270 g/mol. The minimum atomic E-state index is 0.940. The van der Waals surface area contributed by atoms with Crippen molar-refractivity contribution in [1.29, 1.82) is 0 Å². The number of fused-ring (bicyclic) bond motifs is 3. The fraction of sp³-hybridized carbons (Fsp3) is 0.438. The lowest BCUT2D eigenvalue weighted by Crippen LogP contribution is -2.15. The van der Waals surface area contributed by atoms with E-state index in [0.29, 0.717) is 0 Å². The number of nitrogens with zero attached hydrogens (tertiary/aromatic N) is 1. The number of hydrogen-bond donors (Lipinski definition) is 1. The molecule has 98 valence electrons. The van der Waals surface area contributed by atoms with Crippen LogP contribution in [0.4, 0.5) is 0 Å². The van der Waals surface area contributed by atoms with Gasteiger partial charge in [-0.25, -0.2) is 4.98 Å². The van der Waals surface area contributed by atoms with Crippen molar-refractivity contribution in [3.8, 4) is 11.3 Å². The average molecular weight is 270 g/mol. The van der Waals surface area contributed by atoms with Crippen molar-refractivity contribution >= 4 is 11.3 Å². The molecule has 0 spiro atoms. The van der Waals surface area contributed by atoms with Gasteiger partial charge >= 0.3 is 0 Å². The first-order valence-electron chi connectivity index (χ1n) is 7.18. The van der Waals surface area contributed by atoms with Crippen LogP contribution in [0.2, 0.25) is 0 Å². The molecule has 1 aromatic carbocycles. The summed E-state index contributed by atoms with van der Waals surface area (Å²) < 4.78 is 0. The number of aryl methyl sites for hydroxylation is 2. The molecule has 0 saturated heterocycles. The molecule has 1 fully saturated rings. The lowest BCUT2D eigenvalue weighted by molar-refractivity contribution is 0.637. The first-order valence-corrected chi connectivity index (χ1v) is 7.99. The van der Waals surface area contributed by atoms with Crippen LogP contribution in [-0.2, 0) is 19.4 Å². The molecule has 1 saturated carbocycles. The standard InChI is InChI=1S/C16H18N2S/c1-2-4-13-12(3-1)7-8-14-16(13)18-15(19-14)10-17-9-11-5-6-11/h1-4,11,17H,5-10H2. The molecular formula is C16H18N2S. The summed E-state index contributed by atoms with van der Waals surface area (Å²) in [4.78, 5) is 6.34. The van der Waals surface area contributed by atoms with Crippen LogP contribution in [0.3, 0.4) is 0 Å². The molecule has 0 unspecified atom stereocenters. The molecule has 1 heterocycles. The Labute approximate surface area is 117 Å². The zero-order valence-corrected chi connectivity index (χ0v) is 11.8. The van der Waals surface area contributed by atoms with E-state index in [1.807, 2.05) is 11.3 Å². The van der Waals surface area contributed by atoms with Crippen LogP contribution in [-0.4, -0.2) is 11.5 Å². The third-order valence-electron chi connectivity index (χ3n) is 4.04. The van der Waals surface area contributed by atoms with Crippen LogP contribution < -0.4 is 5.32 Å².